The van der Waals surface area contributed by atoms with Crippen molar-refractivity contribution in [3.63, 3.8) is 0 Å². The van der Waals surface area contributed by atoms with Crippen LogP contribution in [0.3, 0.4) is 0 Å². The van der Waals surface area contributed by atoms with Crippen LogP contribution in [-0.2, 0) is 16.4 Å². The van der Waals surface area contributed by atoms with E-state index in [-0.39, 0.29) is 28.7 Å². The van der Waals surface area contributed by atoms with Crippen LogP contribution >= 0.6 is 11.6 Å². The lowest BCUT2D eigenvalue weighted by Gasteiger charge is -2.35. The Morgan fingerprint density at radius 2 is 1.86 bits per heavy atom. The highest BCUT2D eigenvalue weighted by molar-refractivity contribution is 7.89. The summed E-state index contributed by atoms with van der Waals surface area (Å²) in [5.74, 6) is -0.686. The number of nitro benzene ring substituents is 1. The SMILES string of the molecule is O=[N+]([O-])c1ccc2c(c1N1CCN(S(=O)(=O)c3ccc(F)c(Cl)c3)CC1)CCN2. The molecule has 2 aromatic carbocycles. The van der Waals surface area contributed by atoms with Crippen LogP contribution < -0.4 is 10.2 Å². The van der Waals surface area contributed by atoms with Crippen molar-refractivity contribution in [3.05, 3.63) is 56.8 Å². The van der Waals surface area contributed by atoms with E-state index < -0.39 is 20.8 Å². The number of anilines is 2. The number of nitrogens with one attached hydrogen (secondary N) is 1. The summed E-state index contributed by atoms with van der Waals surface area (Å²) in [5.41, 5.74) is 2.34. The molecule has 0 spiro atoms. The Hall–Kier alpha value is -2.43. The van der Waals surface area contributed by atoms with Gasteiger partial charge in [0, 0.05) is 50.0 Å². The van der Waals surface area contributed by atoms with Gasteiger partial charge in [0.25, 0.3) is 5.69 Å². The van der Waals surface area contributed by atoms with Crippen LogP contribution in [0, 0.1) is 15.9 Å². The molecule has 2 aliphatic heterocycles. The van der Waals surface area contributed by atoms with E-state index in [4.69, 9.17) is 11.6 Å². The van der Waals surface area contributed by atoms with Crippen molar-refractivity contribution >= 4 is 38.7 Å². The fourth-order valence-electron chi connectivity index (χ4n) is 3.80. The Morgan fingerprint density at radius 1 is 1.14 bits per heavy atom. The largest absolute Gasteiger partial charge is 0.384 e. The van der Waals surface area contributed by atoms with Gasteiger partial charge < -0.3 is 10.2 Å². The molecule has 0 bridgehead atoms. The molecule has 2 heterocycles. The topological polar surface area (TPSA) is 95.8 Å². The quantitative estimate of drug-likeness (QED) is 0.580. The minimum Gasteiger partial charge on any atom is -0.384 e. The molecule has 154 valence electrons. The van der Waals surface area contributed by atoms with Gasteiger partial charge in [0.1, 0.15) is 11.5 Å². The smallest absolute Gasteiger partial charge is 0.292 e. The number of rotatable bonds is 4. The second-order valence-electron chi connectivity index (χ2n) is 6.86. The van der Waals surface area contributed by atoms with E-state index in [2.05, 4.69) is 5.32 Å². The van der Waals surface area contributed by atoms with Gasteiger partial charge in [0.2, 0.25) is 10.0 Å². The standard InChI is InChI=1S/C18H18ClFN4O4S/c19-14-11-12(1-2-15(14)20)29(27,28)23-9-7-22(8-10-23)18-13-5-6-21-16(13)3-4-17(18)24(25)26/h1-4,11,21H,5-10H2. The first-order valence-corrected chi connectivity index (χ1v) is 10.8. The van der Waals surface area contributed by atoms with Crippen LogP contribution in [0.2, 0.25) is 5.02 Å². The molecule has 1 saturated heterocycles. The average Bonchev–Trinajstić information content (AvgIpc) is 3.18. The van der Waals surface area contributed by atoms with Crippen molar-refractivity contribution < 1.29 is 17.7 Å². The molecule has 11 heteroatoms. The van der Waals surface area contributed by atoms with Gasteiger partial charge in [0.05, 0.1) is 14.8 Å². The third-order valence-electron chi connectivity index (χ3n) is 5.23. The highest BCUT2D eigenvalue weighted by Gasteiger charge is 2.33. The van der Waals surface area contributed by atoms with Crippen molar-refractivity contribution in [1.29, 1.82) is 0 Å². The zero-order chi connectivity index (χ0) is 20.8. The molecule has 0 radical (unpaired) electrons. The van der Waals surface area contributed by atoms with E-state index in [9.17, 15) is 22.9 Å². The summed E-state index contributed by atoms with van der Waals surface area (Å²) in [6.07, 6.45) is 0.680. The molecule has 0 amide bonds. The van der Waals surface area contributed by atoms with Crippen LogP contribution in [0.5, 0.6) is 0 Å². The Kier molecular flexibility index (Phi) is 5.09. The first-order chi connectivity index (χ1) is 13.8. The number of hydrogen-bond donors (Lipinski definition) is 1. The number of fused-ring (bicyclic) bond motifs is 1. The van der Waals surface area contributed by atoms with Crippen molar-refractivity contribution in [2.24, 2.45) is 0 Å². The lowest BCUT2D eigenvalue weighted by molar-refractivity contribution is -0.384. The second-order valence-corrected chi connectivity index (χ2v) is 9.21. The molecule has 0 atom stereocenters. The number of nitrogens with zero attached hydrogens (tertiary/aromatic N) is 3. The minimum atomic E-state index is -3.84. The normalized spacial score (nSPS) is 17.1. The summed E-state index contributed by atoms with van der Waals surface area (Å²) in [4.78, 5) is 12.9. The molecule has 1 N–H and O–H groups in total. The highest BCUT2D eigenvalue weighted by Crippen LogP contribution is 2.40. The molecule has 1 fully saturated rings. The fourth-order valence-corrected chi connectivity index (χ4v) is 5.50. The van der Waals surface area contributed by atoms with E-state index in [1.807, 2.05) is 4.90 Å². The van der Waals surface area contributed by atoms with E-state index in [1.54, 1.807) is 6.07 Å². The zero-order valence-electron chi connectivity index (χ0n) is 15.3. The lowest BCUT2D eigenvalue weighted by atomic mass is 10.1. The second kappa shape index (κ2) is 7.43. The third-order valence-corrected chi connectivity index (χ3v) is 7.42. The third kappa shape index (κ3) is 3.52. The first-order valence-electron chi connectivity index (χ1n) is 9.03. The summed E-state index contributed by atoms with van der Waals surface area (Å²) in [6, 6.07) is 6.50. The number of benzene rings is 2. The molecule has 0 saturated carbocycles. The number of nitro groups is 1. The minimum absolute atomic E-state index is 0.0223. The summed E-state index contributed by atoms with van der Waals surface area (Å²) < 4.78 is 40.4. The van der Waals surface area contributed by atoms with E-state index in [0.717, 1.165) is 23.4 Å². The maximum absolute atomic E-state index is 13.4. The molecule has 0 aromatic heterocycles. The van der Waals surface area contributed by atoms with Crippen LogP contribution in [0.15, 0.2) is 35.2 Å². The van der Waals surface area contributed by atoms with E-state index >= 15 is 0 Å². The monoisotopic (exact) mass is 440 g/mol. The fraction of sp³-hybridized carbons (Fsp3) is 0.333. The number of hydrogen-bond acceptors (Lipinski definition) is 6. The molecule has 4 rings (SSSR count). The molecule has 0 aliphatic carbocycles. The summed E-state index contributed by atoms with van der Waals surface area (Å²) in [5, 5.41) is 14.5. The zero-order valence-corrected chi connectivity index (χ0v) is 16.8. The first kappa shape index (κ1) is 19.9. The van der Waals surface area contributed by atoms with Crippen LogP contribution in [-0.4, -0.2) is 50.4 Å². The molecule has 2 aromatic rings. The van der Waals surface area contributed by atoms with Gasteiger partial charge in [-0.15, -0.1) is 0 Å². The predicted octanol–water partition coefficient (Wildman–Crippen LogP) is 2.87. The molecular weight excluding hydrogens is 423 g/mol. The Bertz CT molecular complexity index is 1090. The van der Waals surface area contributed by atoms with Crippen molar-refractivity contribution in [2.45, 2.75) is 11.3 Å². The van der Waals surface area contributed by atoms with Crippen molar-refractivity contribution in [1.82, 2.24) is 4.31 Å². The molecular formula is C18H18ClFN4O4S. The lowest BCUT2D eigenvalue weighted by Crippen LogP contribution is -2.49. The van der Waals surface area contributed by atoms with Gasteiger partial charge in [-0.05, 0) is 30.7 Å². The average molecular weight is 441 g/mol. The summed E-state index contributed by atoms with van der Waals surface area (Å²) in [6.45, 7) is 1.65. The van der Waals surface area contributed by atoms with Crippen LogP contribution in [0.4, 0.5) is 21.5 Å². The number of piperazine rings is 1. The Morgan fingerprint density at radius 3 is 2.52 bits per heavy atom. The van der Waals surface area contributed by atoms with E-state index in [1.165, 1.54) is 16.4 Å². The Balaban J connectivity index is 1.58. The van der Waals surface area contributed by atoms with Crippen LogP contribution in [0.25, 0.3) is 0 Å². The molecule has 8 nitrogen and oxygen atoms in total. The number of halogens is 2. The van der Waals surface area contributed by atoms with Crippen molar-refractivity contribution in [3.8, 4) is 0 Å². The number of sulfonamides is 1. The highest BCUT2D eigenvalue weighted by atomic mass is 35.5. The maximum atomic E-state index is 13.4. The molecule has 2 aliphatic rings. The van der Waals surface area contributed by atoms with Crippen LogP contribution in [0.1, 0.15) is 5.56 Å². The van der Waals surface area contributed by atoms with Gasteiger partial charge in [-0.25, -0.2) is 12.8 Å². The molecule has 0 unspecified atom stereocenters. The molecule has 29 heavy (non-hydrogen) atoms. The van der Waals surface area contributed by atoms with Crippen molar-refractivity contribution in [2.75, 3.05) is 42.9 Å². The van der Waals surface area contributed by atoms with Gasteiger partial charge in [-0.3, -0.25) is 10.1 Å². The predicted molar refractivity (Wildman–Crippen MR) is 108 cm³/mol. The van der Waals surface area contributed by atoms with Gasteiger partial charge in [-0.2, -0.15) is 4.31 Å². The van der Waals surface area contributed by atoms with E-state index in [0.29, 0.717) is 31.7 Å². The Labute approximate surface area is 172 Å². The maximum Gasteiger partial charge on any atom is 0.292 e. The van der Waals surface area contributed by atoms with Gasteiger partial charge >= 0.3 is 0 Å². The van der Waals surface area contributed by atoms with Gasteiger partial charge in [0.15, 0.2) is 0 Å². The summed E-state index contributed by atoms with van der Waals surface area (Å²) in [7, 11) is -3.84. The van der Waals surface area contributed by atoms with Gasteiger partial charge in [-0.1, -0.05) is 11.6 Å². The summed E-state index contributed by atoms with van der Waals surface area (Å²) >= 11 is 5.73.